The van der Waals surface area contributed by atoms with Crippen LogP contribution in [0, 0.1) is 10.1 Å². The first-order valence-electron chi connectivity index (χ1n) is 8.18. The van der Waals surface area contributed by atoms with Gasteiger partial charge in [0.25, 0.3) is 5.69 Å². The Morgan fingerprint density at radius 2 is 1.96 bits per heavy atom. The zero-order chi connectivity index (χ0) is 19.8. The molecule has 0 aliphatic carbocycles. The number of carbonyl (C=O) groups is 1. The molecule has 0 aliphatic heterocycles. The number of carbonyl (C=O) groups excluding carboxylic acids is 1. The number of alkyl halides is 2. The van der Waals surface area contributed by atoms with E-state index < -0.39 is 17.6 Å². The second-order valence-electron chi connectivity index (χ2n) is 5.69. The number of para-hydroxylation sites is 2. The van der Waals surface area contributed by atoms with Gasteiger partial charge in [0.2, 0.25) is 5.91 Å². The molecular weight excluding hydrogens is 360 g/mol. The monoisotopic (exact) mass is 379 g/mol. The molecule has 0 spiro atoms. The van der Waals surface area contributed by atoms with Crippen LogP contribution in [0.4, 0.5) is 20.2 Å². The second-order valence-corrected chi connectivity index (χ2v) is 5.69. The van der Waals surface area contributed by atoms with Gasteiger partial charge in [-0.2, -0.15) is 8.78 Å². The van der Waals surface area contributed by atoms with Gasteiger partial charge in [-0.05, 0) is 30.7 Å². The number of nitro groups is 1. The van der Waals surface area contributed by atoms with Gasteiger partial charge in [-0.1, -0.05) is 24.3 Å². The molecule has 2 aromatic carbocycles. The Morgan fingerprint density at radius 3 is 2.67 bits per heavy atom. The third-order valence-electron chi connectivity index (χ3n) is 3.73. The van der Waals surface area contributed by atoms with E-state index in [0.717, 1.165) is 0 Å². The lowest BCUT2D eigenvalue weighted by Gasteiger charge is -2.16. The second kappa shape index (κ2) is 9.46. The van der Waals surface area contributed by atoms with Crippen LogP contribution in [0.15, 0.2) is 48.5 Å². The summed E-state index contributed by atoms with van der Waals surface area (Å²) in [6.45, 7) is -0.995. The summed E-state index contributed by atoms with van der Waals surface area (Å²) in [6, 6.07) is 11.8. The van der Waals surface area contributed by atoms with Crippen molar-refractivity contribution in [1.29, 1.82) is 0 Å². The van der Waals surface area contributed by atoms with Gasteiger partial charge in [-0.3, -0.25) is 14.9 Å². The summed E-state index contributed by atoms with van der Waals surface area (Å²) in [4.78, 5) is 22.5. The number of hydrogen-bond acceptors (Lipinski definition) is 5. The lowest BCUT2D eigenvalue weighted by molar-refractivity contribution is -0.384. The van der Waals surface area contributed by atoms with E-state index in [1.54, 1.807) is 37.3 Å². The minimum Gasteiger partial charge on any atom is -0.435 e. The maximum absolute atomic E-state index is 12.3. The molecule has 0 aromatic heterocycles. The molecule has 0 bridgehead atoms. The van der Waals surface area contributed by atoms with Crippen molar-refractivity contribution in [3.05, 3.63) is 64.2 Å². The molecule has 0 aliphatic rings. The minimum absolute atomic E-state index is 0.0154. The molecule has 1 amide bonds. The molecule has 2 aromatic rings. The van der Waals surface area contributed by atoms with Crippen LogP contribution >= 0.6 is 0 Å². The zero-order valence-electron chi connectivity index (χ0n) is 14.5. The highest BCUT2D eigenvalue weighted by Gasteiger charge is 2.14. The fourth-order valence-corrected chi connectivity index (χ4v) is 2.45. The van der Waals surface area contributed by atoms with Crippen LogP contribution in [-0.2, 0) is 4.79 Å². The molecule has 144 valence electrons. The average molecular weight is 379 g/mol. The summed E-state index contributed by atoms with van der Waals surface area (Å²) in [5, 5.41) is 16.6. The molecule has 7 nitrogen and oxygen atoms in total. The molecule has 0 heterocycles. The van der Waals surface area contributed by atoms with Crippen LogP contribution in [0.3, 0.4) is 0 Å². The van der Waals surface area contributed by atoms with Crippen LogP contribution < -0.4 is 15.4 Å². The first kappa shape index (κ1) is 20.1. The first-order chi connectivity index (χ1) is 12.9. The van der Waals surface area contributed by atoms with Gasteiger partial charge in [0, 0.05) is 19.0 Å². The van der Waals surface area contributed by atoms with Crippen molar-refractivity contribution in [2.75, 3.05) is 11.9 Å². The molecule has 1 atom stereocenters. The van der Waals surface area contributed by atoms with Crippen molar-refractivity contribution in [3.63, 3.8) is 0 Å². The highest BCUT2D eigenvalue weighted by molar-refractivity contribution is 5.77. The number of nitrogens with zero attached hydrogens (tertiary/aromatic N) is 1. The van der Waals surface area contributed by atoms with E-state index in [9.17, 15) is 23.7 Å². The molecule has 27 heavy (non-hydrogen) atoms. The molecule has 2 rings (SSSR count). The normalized spacial score (nSPS) is 11.7. The van der Waals surface area contributed by atoms with Crippen LogP contribution in [0.1, 0.15) is 24.9 Å². The van der Waals surface area contributed by atoms with E-state index in [-0.39, 0.29) is 30.3 Å². The van der Waals surface area contributed by atoms with E-state index in [0.29, 0.717) is 11.3 Å². The first-order valence-corrected chi connectivity index (χ1v) is 8.18. The van der Waals surface area contributed by atoms with Crippen molar-refractivity contribution in [2.45, 2.75) is 26.0 Å². The fourth-order valence-electron chi connectivity index (χ4n) is 2.45. The number of amides is 1. The van der Waals surface area contributed by atoms with Gasteiger partial charge in [0.15, 0.2) is 0 Å². The van der Waals surface area contributed by atoms with Crippen molar-refractivity contribution >= 4 is 17.3 Å². The predicted molar refractivity (Wildman–Crippen MR) is 95.8 cm³/mol. The highest BCUT2D eigenvalue weighted by Crippen LogP contribution is 2.23. The number of ether oxygens (including phenoxy) is 1. The van der Waals surface area contributed by atoms with Crippen LogP contribution in [0.25, 0.3) is 0 Å². The standard InChI is InChI=1S/C18H19F2N3O4/c1-12(13-5-4-6-14(11-13)27-18(19)20)22-17(24)9-10-21-15-7-2-3-8-16(15)23(25)26/h2-8,11-12,18,21H,9-10H2,1H3,(H,22,24). The third kappa shape index (κ3) is 6.21. The van der Waals surface area contributed by atoms with Crippen LogP contribution in [0.5, 0.6) is 5.75 Å². The summed E-state index contributed by atoms with van der Waals surface area (Å²) in [7, 11) is 0. The summed E-state index contributed by atoms with van der Waals surface area (Å²) in [5.41, 5.74) is 0.885. The number of benzene rings is 2. The molecule has 0 saturated heterocycles. The third-order valence-corrected chi connectivity index (χ3v) is 3.73. The fraction of sp³-hybridized carbons (Fsp3) is 0.278. The Bertz CT molecular complexity index is 802. The van der Waals surface area contributed by atoms with Gasteiger partial charge in [-0.15, -0.1) is 0 Å². The number of hydrogen-bond donors (Lipinski definition) is 2. The minimum atomic E-state index is -2.92. The summed E-state index contributed by atoms with van der Waals surface area (Å²) < 4.78 is 28.9. The number of rotatable bonds is 9. The summed E-state index contributed by atoms with van der Waals surface area (Å²) in [5.74, 6) is -0.268. The number of nitrogens with one attached hydrogen (secondary N) is 2. The molecule has 9 heteroatoms. The van der Waals surface area contributed by atoms with Gasteiger partial charge in [0.1, 0.15) is 11.4 Å². The zero-order valence-corrected chi connectivity index (χ0v) is 14.5. The topological polar surface area (TPSA) is 93.5 Å². The molecule has 0 saturated carbocycles. The number of nitro benzene ring substituents is 1. The Hall–Kier alpha value is -3.23. The maximum atomic E-state index is 12.3. The van der Waals surface area contributed by atoms with Gasteiger partial charge < -0.3 is 15.4 Å². The Balaban J connectivity index is 1.86. The van der Waals surface area contributed by atoms with Crippen molar-refractivity contribution in [3.8, 4) is 5.75 Å². The largest absolute Gasteiger partial charge is 0.435 e. The Labute approximate surface area is 154 Å². The lowest BCUT2D eigenvalue weighted by atomic mass is 10.1. The van der Waals surface area contributed by atoms with E-state index in [4.69, 9.17) is 0 Å². The molecule has 0 fully saturated rings. The summed E-state index contributed by atoms with van der Waals surface area (Å²) >= 11 is 0. The van der Waals surface area contributed by atoms with Crippen LogP contribution in [-0.4, -0.2) is 24.0 Å². The SMILES string of the molecule is CC(NC(=O)CCNc1ccccc1[N+](=O)[O-])c1cccc(OC(F)F)c1. The number of halogens is 2. The highest BCUT2D eigenvalue weighted by atomic mass is 19.3. The quantitative estimate of drug-likeness (QED) is 0.509. The average Bonchev–Trinajstić information content (AvgIpc) is 2.61. The van der Waals surface area contributed by atoms with E-state index in [1.807, 2.05) is 0 Å². The van der Waals surface area contributed by atoms with E-state index in [2.05, 4.69) is 15.4 Å². The van der Waals surface area contributed by atoms with Gasteiger partial charge >= 0.3 is 6.61 Å². The Kier molecular flexibility index (Phi) is 7.04. The van der Waals surface area contributed by atoms with Crippen molar-refractivity contribution in [2.24, 2.45) is 0 Å². The molecular formula is C18H19F2N3O4. The molecule has 2 N–H and O–H groups in total. The van der Waals surface area contributed by atoms with Gasteiger partial charge in [-0.25, -0.2) is 0 Å². The maximum Gasteiger partial charge on any atom is 0.387 e. The molecule has 0 radical (unpaired) electrons. The van der Waals surface area contributed by atoms with Crippen molar-refractivity contribution in [1.82, 2.24) is 5.32 Å². The van der Waals surface area contributed by atoms with Gasteiger partial charge in [0.05, 0.1) is 11.0 Å². The molecule has 1 unspecified atom stereocenters. The lowest BCUT2D eigenvalue weighted by Crippen LogP contribution is -2.28. The smallest absolute Gasteiger partial charge is 0.387 e. The van der Waals surface area contributed by atoms with E-state index >= 15 is 0 Å². The number of anilines is 1. The predicted octanol–water partition coefficient (Wildman–Crippen LogP) is 3.88. The van der Waals surface area contributed by atoms with Crippen LogP contribution in [0.2, 0.25) is 0 Å². The Morgan fingerprint density at radius 1 is 1.22 bits per heavy atom. The van der Waals surface area contributed by atoms with Crippen molar-refractivity contribution < 1.29 is 23.2 Å². The summed E-state index contributed by atoms with van der Waals surface area (Å²) in [6.07, 6.45) is 0.0869. The van der Waals surface area contributed by atoms with E-state index in [1.165, 1.54) is 18.2 Å².